The van der Waals surface area contributed by atoms with Crippen LogP contribution in [-0.4, -0.2) is 30.3 Å². The summed E-state index contributed by atoms with van der Waals surface area (Å²) < 4.78 is 5.20. The van der Waals surface area contributed by atoms with Gasteiger partial charge in [-0.15, -0.1) is 0 Å². The third-order valence-electron chi connectivity index (χ3n) is 3.42. The molecule has 0 bridgehead atoms. The van der Waals surface area contributed by atoms with Crippen molar-refractivity contribution in [3.63, 3.8) is 0 Å². The van der Waals surface area contributed by atoms with Gasteiger partial charge in [-0.3, -0.25) is 4.79 Å². The molecular weight excluding hydrogens is 242 g/mol. The van der Waals surface area contributed by atoms with Gasteiger partial charge in [-0.25, -0.2) is 0 Å². The first-order valence-electron chi connectivity index (χ1n) is 6.85. The van der Waals surface area contributed by atoms with Gasteiger partial charge in [0.1, 0.15) is 0 Å². The predicted molar refractivity (Wildman–Crippen MR) is 72.8 cm³/mol. The number of hydrogen-bond acceptors (Lipinski definition) is 3. The largest absolute Gasteiger partial charge is 0.390 e. The molecule has 0 radical (unpaired) electrons. The van der Waals surface area contributed by atoms with Crippen molar-refractivity contribution >= 4 is 5.91 Å². The number of aliphatic hydroxyl groups excluding tert-OH is 1. The average molecular weight is 263 g/mol. The first-order chi connectivity index (χ1) is 9.22. The van der Waals surface area contributed by atoms with Gasteiger partial charge in [-0.1, -0.05) is 24.3 Å². The van der Waals surface area contributed by atoms with Crippen molar-refractivity contribution in [2.45, 2.75) is 38.3 Å². The maximum atomic E-state index is 11.8. The topological polar surface area (TPSA) is 58.6 Å². The summed E-state index contributed by atoms with van der Waals surface area (Å²) in [5.74, 6) is -0.0274. The quantitative estimate of drug-likeness (QED) is 0.766. The number of hydrogen-bond donors (Lipinski definition) is 2. The van der Waals surface area contributed by atoms with Crippen LogP contribution in [0.2, 0.25) is 0 Å². The van der Waals surface area contributed by atoms with Crippen LogP contribution in [0.1, 0.15) is 36.9 Å². The van der Waals surface area contributed by atoms with Crippen LogP contribution in [-0.2, 0) is 16.0 Å². The molecule has 0 spiro atoms. The van der Waals surface area contributed by atoms with Crippen LogP contribution in [0, 0.1) is 0 Å². The fraction of sp³-hybridized carbons (Fsp3) is 0.533. The van der Waals surface area contributed by atoms with Gasteiger partial charge in [0, 0.05) is 26.1 Å². The van der Waals surface area contributed by atoms with Crippen LogP contribution in [0.5, 0.6) is 0 Å². The Labute approximate surface area is 113 Å². The number of benzene rings is 1. The van der Waals surface area contributed by atoms with E-state index in [9.17, 15) is 9.90 Å². The molecule has 4 nitrogen and oxygen atoms in total. The Balaban J connectivity index is 1.87. The summed E-state index contributed by atoms with van der Waals surface area (Å²) in [5.41, 5.74) is 2.16. The monoisotopic (exact) mass is 263 g/mol. The third-order valence-corrected chi connectivity index (χ3v) is 3.42. The number of fused-ring (bicyclic) bond motifs is 1. The van der Waals surface area contributed by atoms with Crippen molar-refractivity contribution in [3.05, 3.63) is 35.4 Å². The van der Waals surface area contributed by atoms with Crippen molar-refractivity contribution in [2.24, 2.45) is 0 Å². The molecule has 2 atom stereocenters. The Morgan fingerprint density at radius 3 is 3.05 bits per heavy atom. The van der Waals surface area contributed by atoms with Gasteiger partial charge in [0.05, 0.1) is 12.1 Å². The third kappa shape index (κ3) is 3.55. The lowest BCUT2D eigenvalue weighted by molar-refractivity contribution is -0.123. The first-order valence-corrected chi connectivity index (χ1v) is 6.85. The van der Waals surface area contributed by atoms with Crippen LogP contribution < -0.4 is 5.32 Å². The second-order valence-electron chi connectivity index (χ2n) is 4.82. The molecule has 0 fully saturated rings. The van der Waals surface area contributed by atoms with E-state index in [4.69, 9.17) is 4.74 Å². The molecule has 2 N–H and O–H groups in total. The molecular formula is C15H21NO3. The summed E-state index contributed by atoms with van der Waals surface area (Å²) in [6.45, 7) is 3.22. The standard InChI is InChI=1S/C15H21NO3/c1-2-19-9-5-8-14(18)16-15-12-7-4-3-6-11(12)10-13(15)17/h3-4,6-7,13,15,17H,2,5,8-10H2,1H3,(H,16,18)/t13-,15+/m0/s1. The van der Waals surface area contributed by atoms with E-state index in [0.29, 0.717) is 32.5 Å². The average Bonchev–Trinajstić information content (AvgIpc) is 2.72. The van der Waals surface area contributed by atoms with Crippen molar-refractivity contribution in [2.75, 3.05) is 13.2 Å². The van der Waals surface area contributed by atoms with Crippen molar-refractivity contribution < 1.29 is 14.6 Å². The maximum Gasteiger partial charge on any atom is 0.220 e. The minimum absolute atomic E-state index is 0.0274. The molecule has 1 aliphatic rings. The molecule has 19 heavy (non-hydrogen) atoms. The highest BCUT2D eigenvalue weighted by atomic mass is 16.5. The Hall–Kier alpha value is -1.39. The van der Waals surface area contributed by atoms with Crippen LogP contribution in [0.3, 0.4) is 0 Å². The second-order valence-corrected chi connectivity index (χ2v) is 4.82. The molecule has 2 rings (SSSR count). The fourth-order valence-corrected chi connectivity index (χ4v) is 2.47. The number of nitrogens with one attached hydrogen (secondary N) is 1. The fourth-order valence-electron chi connectivity index (χ4n) is 2.47. The summed E-state index contributed by atoms with van der Waals surface area (Å²) in [7, 11) is 0. The highest BCUT2D eigenvalue weighted by Gasteiger charge is 2.31. The van der Waals surface area contributed by atoms with E-state index in [0.717, 1.165) is 11.1 Å². The zero-order valence-electron chi connectivity index (χ0n) is 11.3. The SMILES string of the molecule is CCOCCCC(=O)N[C@@H]1c2ccccc2C[C@@H]1O. The molecule has 0 heterocycles. The number of rotatable bonds is 6. The molecule has 1 aromatic carbocycles. The Morgan fingerprint density at radius 2 is 2.26 bits per heavy atom. The molecule has 1 amide bonds. The number of carbonyl (C=O) groups is 1. The van der Waals surface area contributed by atoms with Crippen molar-refractivity contribution in [1.82, 2.24) is 5.32 Å². The lowest BCUT2D eigenvalue weighted by Gasteiger charge is -2.17. The van der Waals surface area contributed by atoms with Gasteiger partial charge in [-0.2, -0.15) is 0 Å². The summed E-state index contributed by atoms with van der Waals surface area (Å²) in [6, 6.07) is 7.59. The van der Waals surface area contributed by atoms with Crippen molar-refractivity contribution in [1.29, 1.82) is 0 Å². The van der Waals surface area contributed by atoms with E-state index in [1.54, 1.807) is 0 Å². The smallest absolute Gasteiger partial charge is 0.220 e. The molecule has 4 heteroatoms. The van der Waals surface area contributed by atoms with E-state index >= 15 is 0 Å². The number of carbonyl (C=O) groups excluding carboxylic acids is 1. The van der Waals surface area contributed by atoms with Crippen molar-refractivity contribution in [3.8, 4) is 0 Å². The molecule has 0 aliphatic heterocycles. The zero-order valence-corrected chi connectivity index (χ0v) is 11.3. The molecule has 0 aromatic heterocycles. The van der Waals surface area contributed by atoms with E-state index in [2.05, 4.69) is 5.32 Å². The van der Waals surface area contributed by atoms with E-state index in [1.165, 1.54) is 0 Å². The molecule has 0 saturated heterocycles. The lowest BCUT2D eigenvalue weighted by Crippen LogP contribution is -2.33. The van der Waals surface area contributed by atoms with Gasteiger partial charge < -0.3 is 15.2 Å². The maximum absolute atomic E-state index is 11.8. The molecule has 0 saturated carbocycles. The van der Waals surface area contributed by atoms with E-state index in [-0.39, 0.29) is 11.9 Å². The van der Waals surface area contributed by atoms with Gasteiger partial charge in [0.15, 0.2) is 0 Å². The zero-order chi connectivity index (χ0) is 13.7. The molecule has 1 aromatic rings. The Bertz CT molecular complexity index is 433. The van der Waals surface area contributed by atoms with E-state index in [1.807, 2.05) is 31.2 Å². The van der Waals surface area contributed by atoms with Gasteiger partial charge >= 0.3 is 0 Å². The predicted octanol–water partition coefficient (Wildman–Crippen LogP) is 1.58. The Morgan fingerprint density at radius 1 is 1.47 bits per heavy atom. The summed E-state index contributed by atoms with van der Waals surface area (Å²) in [5, 5.41) is 12.9. The number of aliphatic hydroxyl groups is 1. The lowest BCUT2D eigenvalue weighted by atomic mass is 10.1. The number of ether oxygens (including phenoxy) is 1. The van der Waals surface area contributed by atoms with Gasteiger partial charge in [0.2, 0.25) is 5.91 Å². The Kier molecular flexibility index (Phi) is 4.93. The number of amides is 1. The summed E-state index contributed by atoms with van der Waals surface area (Å²) in [6.07, 6.45) is 1.24. The molecule has 0 unspecified atom stereocenters. The first kappa shape index (κ1) is 14.0. The highest BCUT2D eigenvalue weighted by Crippen LogP contribution is 2.31. The van der Waals surface area contributed by atoms with Crippen LogP contribution in [0.4, 0.5) is 0 Å². The summed E-state index contributed by atoms with van der Waals surface area (Å²) >= 11 is 0. The minimum Gasteiger partial charge on any atom is -0.390 e. The molecule has 1 aliphatic carbocycles. The second kappa shape index (κ2) is 6.68. The van der Waals surface area contributed by atoms with E-state index < -0.39 is 6.10 Å². The summed E-state index contributed by atoms with van der Waals surface area (Å²) in [4.78, 5) is 11.8. The van der Waals surface area contributed by atoms with Gasteiger partial charge in [-0.05, 0) is 24.5 Å². The highest BCUT2D eigenvalue weighted by molar-refractivity contribution is 5.76. The van der Waals surface area contributed by atoms with Crippen LogP contribution in [0.15, 0.2) is 24.3 Å². The molecule has 104 valence electrons. The van der Waals surface area contributed by atoms with Gasteiger partial charge in [0.25, 0.3) is 0 Å². The van der Waals surface area contributed by atoms with Crippen LogP contribution >= 0.6 is 0 Å². The normalized spacial score (nSPS) is 21.2. The van der Waals surface area contributed by atoms with Crippen LogP contribution in [0.25, 0.3) is 0 Å². The minimum atomic E-state index is -0.520.